The topological polar surface area (TPSA) is 44.6 Å². The number of halogens is 2. The molecule has 0 aliphatic rings. The Labute approximate surface area is 462 Å². The molecule has 10 rings (SSSR count). The molecule has 0 N–H and O–H groups in total. The van der Waals surface area contributed by atoms with Gasteiger partial charge in [0.2, 0.25) is 0 Å². The number of benzene rings is 10. The zero-order chi connectivity index (χ0) is 50.0. The summed E-state index contributed by atoms with van der Waals surface area (Å²) in [5.74, 6) is 0. The van der Waals surface area contributed by atoms with Crippen LogP contribution in [0.25, 0.3) is 10.8 Å². The molecule has 10 aromatic carbocycles. The van der Waals surface area contributed by atoms with Crippen molar-refractivity contribution in [3.8, 4) is 0 Å². The molecule has 0 spiro atoms. The van der Waals surface area contributed by atoms with E-state index in [-0.39, 0.29) is 0 Å². The predicted octanol–water partition coefficient (Wildman–Crippen LogP) is 10.6. The molecule has 0 amide bonds. The van der Waals surface area contributed by atoms with Crippen LogP contribution in [0.3, 0.4) is 0 Å². The predicted molar refractivity (Wildman–Crippen MR) is 338 cm³/mol. The molecule has 0 aromatic heterocycles. The first-order chi connectivity index (χ1) is 34.9. The normalized spacial score (nSPS) is 10.5. The molecule has 0 aliphatic heterocycles. The molecule has 0 saturated carbocycles. The van der Waals surface area contributed by atoms with Gasteiger partial charge in [-0.1, -0.05) is 24.4 Å². The van der Waals surface area contributed by atoms with Crippen LogP contribution in [0.5, 0.6) is 0 Å². The van der Waals surface area contributed by atoms with Gasteiger partial charge in [0, 0.05) is 0 Å². The first-order valence-corrected chi connectivity index (χ1v) is 59.4. The van der Waals surface area contributed by atoms with Crippen molar-refractivity contribution in [1.29, 1.82) is 0 Å². The van der Waals surface area contributed by atoms with Crippen LogP contribution >= 0.6 is 60.0 Å². The van der Waals surface area contributed by atoms with Gasteiger partial charge in [0.1, 0.15) is 0 Å². The van der Waals surface area contributed by atoms with E-state index in [1.807, 2.05) is 0 Å². The fraction of sp³-hybridized carbons (Fsp3) is 0. The van der Waals surface area contributed by atoms with Crippen LogP contribution in [0.2, 0.25) is 0 Å². The second-order valence-electron chi connectivity index (χ2n) is 15.5. The summed E-state index contributed by atoms with van der Waals surface area (Å²) in [5, 5.41) is 16.9. The Morgan fingerprint density at radius 2 is 0.366 bits per heavy atom. The van der Waals surface area contributed by atoms with E-state index in [9.17, 15) is 0 Å². The van der Waals surface area contributed by atoms with E-state index in [0.29, 0.717) is 0 Å². The fourth-order valence-corrected chi connectivity index (χ4v) is 51.5. The van der Waals surface area contributed by atoms with Crippen molar-refractivity contribution in [1.82, 2.24) is 0 Å². The van der Waals surface area contributed by atoms with Crippen LogP contribution in [0, 0.1) is 0 Å². The minimum absolute atomic E-state index is 1.33. The number of hydrogen-bond donors (Lipinski definition) is 0. The number of rotatable bonds is 10. The number of hydrogen-bond acceptors (Lipinski definition) is 2. The van der Waals surface area contributed by atoms with E-state index in [0.717, 1.165) is 0 Å². The summed E-state index contributed by atoms with van der Waals surface area (Å²) in [6, 6.07) is 111. The van der Waals surface area contributed by atoms with Gasteiger partial charge in [-0.15, -0.1) is 0 Å². The second kappa shape index (κ2) is 30.1. The Kier molecular flexibility index (Phi) is 23.8. The molecule has 0 aliphatic carbocycles. The molecule has 71 heavy (non-hydrogen) atoms. The monoisotopic (exact) mass is 1590 g/mol. The van der Waals surface area contributed by atoms with Crippen LogP contribution in [-0.4, -0.2) is 60.5 Å². The molecule has 348 valence electrons. The van der Waals surface area contributed by atoms with Crippen molar-refractivity contribution < 1.29 is 0 Å². The molecule has 10 aromatic rings. The van der Waals surface area contributed by atoms with Gasteiger partial charge in [0.15, 0.2) is 0 Å². The first-order valence-electron chi connectivity index (χ1n) is 22.6. The zero-order valence-corrected chi connectivity index (χ0v) is 53.7. The molecule has 0 fully saturated rings. The maximum atomic E-state index is 7.13. The summed E-state index contributed by atoms with van der Waals surface area (Å²) in [6.07, 6.45) is 0. The van der Waals surface area contributed by atoms with E-state index < -0.39 is 50.2 Å². The molecule has 0 saturated heterocycles. The van der Waals surface area contributed by atoms with Crippen molar-refractivity contribution in [3.63, 3.8) is 0 Å². The number of nitrogens with zero attached hydrogens (tertiary/aromatic N) is 2. The molecule has 2 nitrogen and oxygen atoms in total. The van der Waals surface area contributed by atoms with Crippen LogP contribution in [0.4, 0.5) is 0 Å². The Balaban J connectivity index is 0.000000170. The quantitative estimate of drug-likeness (QED) is 0.0593. The molecule has 0 atom stereocenters. The van der Waals surface area contributed by atoms with Gasteiger partial charge < -0.3 is 10.8 Å². The van der Waals surface area contributed by atoms with Crippen molar-refractivity contribution in [2.45, 2.75) is 0 Å². The van der Waals surface area contributed by atoms with Crippen LogP contribution in [0.1, 0.15) is 0 Å². The van der Waals surface area contributed by atoms with E-state index >= 15 is 0 Å². The third kappa shape index (κ3) is 14.5. The van der Waals surface area contributed by atoms with Crippen LogP contribution in [0.15, 0.2) is 303 Å². The van der Waals surface area contributed by atoms with Crippen molar-refractivity contribution in [2.75, 3.05) is 0 Å². The van der Waals surface area contributed by atoms with Crippen LogP contribution < -0.4 is 34.3 Å². The summed E-state index contributed by atoms with van der Waals surface area (Å²) in [4.78, 5) is 0. The first kappa shape index (κ1) is 56.1. The Morgan fingerprint density at radius 1 is 0.254 bits per heavy atom. The van der Waals surface area contributed by atoms with Gasteiger partial charge in [-0.3, -0.25) is 0 Å². The van der Waals surface area contributed by atoms with Gasteiger partial charge >= 0.3 is 423 Å². The average Bonchev–Trinajstić information content (AvgIpc) is 3.45. The number of isothiocyanates is 2. The molecule has 0 radical (unpaired) electrons. The Morgan fingerprint density at radius 3 is 0.493 bits per heavy atom. The molecule has 0 heterocycles. The second-order valence-corrected chi connectivity index (χ2v) is 90.8. The summed E-state index contributed by atoms with van der Waals surface area (Å²) in [6.45, 7) is 0. The molecular weight excluding hydrogens is 1540 g/mol. The van der Waals surface area contributed by atoms with E-state index in [1.165, 1.54) is 38.4 Å². The van der Waals surface area contributed by atoms with E-state index in [1.54, 1.807) is 6.25 Å². The van der Waals surface area contributed by atoms with Gasteiger partial charge in [-0.25, -0.2) is 0 Å². The molecular formula is C62H50I2N2PbS2Sb2. The SMILES string of the molecule is [I][Pb]([I])([c]1ccccc1)[c]1ccccc1.[N-]=C=S.[N-]=C=S.c1cc[c]([Sb+]([c]2ccccc2)([c]2ccccc2)[c]2ccccc2)cc1.c1cc[c]([Sb+]([c]2ccccc2)([c]2ccccc2)[c]2ccccc2)cc1. The maximum absolute atomic E-state index is 7.13. The third-order valence-corrected chi connectivity index (χ3v) is 66.0. The summed E-state index contributed by atoms with van der Waals surface area (Å²) < 4.78 is 14.9. The molecule has 0 unspecified atom stereocenters. The van der Waals surface area contributed by atoms with Gasteiger partial charge in [-0.05, 0) is 0 Å². The van der Waals surface area contributed by atoms with E-state index in [2.05, 4.69) is 363 Å². The van der Waals surface area contributed by atoms with Crippen molar-refractivity contribution >= 4 is 155 Å². The van der Waals surface area contributed by atoms with E-state index in [4.69, 9.17) is 10.8 Å². The standard InChI is InChI=1S/10C6H5.2CNS.2HI.Pb.2Sb/c10*1-2-4-6-5-3-1;2*2-1-3;;;;;/h10*1-5H;;;2*1H;;;/q;;;;;;;;;;2*-1;;;+2;2*+1/p-2. The number of thiocarbonyl (C=S) groups is 2. The van der Waals surface area contributed by atoms with Crippen molar-refractivity contribution in [3.05, 3.63) is 314 Å². The van der Waals surface area contributed by atoms with Crippen molar-refractivity contribution in [2.24, 2.45) is 0 Å². The van der Waals surface area contributed by atoms with Gasteiger partial charge in [0.05, 0.1) is 0 Å². The minimum atomic E-state index is -3.17. The molecule has 9 heteroatoms. The zero-order valence-electron chi connectivity index (χ0n) is 38.7. The van der Waals surface area contributed by atoms with Gasteiger partial charge in [-0.2, -0.15) is 10.3 Å². The Bertz CT molecular complexity index is 2580. The van der Waals surface area contributed by atoms with Crippen LogP contribution in [-0.2, 0) is 0 Å². The summed E-state index contributed by atoms with van der Waals surface area (Å²) >= 11 is 4.06. The fourth-order valence-electron chi connectivity index (χ4n) is 8.46. The summed E-state index contributed by atoms with van der Waals surface area (Å²) in [5.41, 5.74) is 0. The molecule has 0 bridgehead atoms. The summed E-state index contributed by atoms with van der Waals surface area (Å²) in [7, 11) is 0. The van der Waals surface area contributed by atoms with Gasteiger partial charge in [0.25, 0.3) is 0 Å². The average molecular weight is 1590 g/mol. The Hall–Kier alpha value is -4.18. The third-order valence-electron chi connectivity index (χ3n) is 11.4.